The third-order valence-electron chi connectivity index (χ3n) is 6.71. The number of rotatable bonds is 2. The van der Waals surface area contributed by atoms with Gasteiger partial charge in [-0.3, -0.25) is 0 Å². The van der Waals surface area contributed by atoms with Gasteiger partial charge < -0.3 is 10.6 Å². The monoisotopic (exact) mass is 402 g/mol. The lowest BCUT2D eigenvalue weighted by Gasteiger charge is -2.58. The Morgan fingerprint density at radius 3 is 2.12 bits per heavy atom. The molecule has 0 spiro atoms. The van der Waals surface area contributed by atoms with Crippen LogP contribution >= 0.6 is 28.1 Å². The van der Waals surface area contributed by atoms with Gasteiger partial charge in [0.2, 0.25) is 0 Å². The number of hydrogen-bond acceptors (Lipinski definition) is 1. The molecule has 1 heterocycles. The number of thiocarbonyl (C=S) groups is 1. The average molecular weight is 403 g/mol. The van der Waals surface area contributed by atoms with Gasteiger partial charge in [-0.15, -0.1) is 0 Å². The van der Waals surface area contributed by atoms with Crippen molar-refractivity contribution >= 4 is 33.3 Å². The van der Waals surface area contributed by atoms with Gasteiger partial charge in [0.25, 0.3) is 0 Å². The second kappa shape index (κ2) is 5.57. The predicted molar refractivity (Wildman–Crippen MR) is 104 cm³/mol. The Morgan fingerprint density at radius 2 is 1.54 bits per heavy atom. The molecule has 24 heavy (non-hydrogen) atoms. The summed E-state index contributed by atoms with van der Waals surface area (Å²) < 4.78 is 1.12. The molecule has 4 saturated carbocycles. The molecule has 0 saturated heterocycles. The molecule has 4 aliphatic carbocycles. The van der Waals surface area contributed by atoms with Gasteiger partial charge in [0, 0.05) is 15.6 Å². The summed E-state index contributed by atoms with van der Waals surface area (Å²) in [6.45, 7) is 0. The maximum Gasteiger partial charge on any atom is 0.171 e. The van der Waals surface area contributed by atoms with Gasteiger partial charge in [0.1, 0.15) is 0 Å². The van der Waals surface area contributed by atoms with E-state index < -0.39 is 0 Å². The zero-order chi connectivity index (χ0) is 16.3. The van der Waals surface area contributed by atoms with E-state index >= 15 is 0 Å². The number of benzene rings is 1. The van der Waals surface area contributed by atoms with Crippen LogP contribution < -0.4 is 10.6 Å². The van der Waals surface area contributed by atoms with Crippen molar-refractivity contribution in [2.75, 3.05) is 0 Å². The number of allylic oxidation sites excluding steroid dienone is 1. The average Bonchev–Trinajstić information content (AvgIpc) is 2.54. The molecule has 1 aromatic carbocycles. The van der Waals surface area contributed by atoms with Crippen LogP contribution in [0, 0.1) is 23.2 Å². The fraction of sp³-hybridized carbons (Fsp3) is 0.550. The molecule has 1 atom stereocenters. The van der Waals surface area contributed by atoms with E-state index in [1.807, 2.05) is 0 Å². The van der Waals surface area contributed by atoms with Gasteiger partial charge in [0.05, 0.1) is 6.04 Å². The summed E-state index contributed by atoms with van der Waals surface area (Å²) in [6, 6.07) is 8.78. The molecule has 0 unspecified atom stereocenters. The summed E-state index contributed by atoms with van der Waals surface area (Å²) in [5, 5.41) is 7.79. The van der Waals surface area contributed by atoms with Crippen molar-refractivity contribution in [3.63, 3.8) is 0 Å². The molecule has 1 aromatic rings. The van der Waals surface area contributed by atoms with E-state index in [-0.39, 0.29) is 6.04 Å². The predicted octanol–water partition coefficient (Wildman–Crippen LogP) is 5.07. The molecule has 4 heteroatoms. The molecule has 1 aliphatic heterocycles. The molecular weight excluding hydrogens is 380 g/mol. The first-order valence-electron chi connectivity index (χ1n) is 9.15. The van der Waals surface area contributed by atoms with Crippen LogP contribution in [0.4, 0.5) is 0 Å². The standard InChI is InChI=1S/C20H23BrN2S/c21-16-3-1-15(2-4-16)17-8-18(23-19(24)22-17)20-9-12-5-13(10-20)7-14(6-12)11-20/h1-4,8,12-14,17H,5-7,9-11H2,(H2,22,23,24)/t12?,13?,14?,17-,20?/m1/s1. The molecule has 5 aliphatic rings. The highest BCUT2D eigenvalue weighted by Gasteiger charge is 2.53. The molecule has 0 aromatic heterocycles. The molecular formula is C20H23BrN2S. The van der Waals surface area contributed by atoms with Crippen LogP contribution in [0.3, 0.4) is 0 Å². The Bertz CT molecular complexity index is 674. The maximum absolute atomic E-state index is 5.57. The van der Waals surface area contributed by atoms with Crippen LogP contribution in [0.15, 0.2) is 40.5 Å². The quantitative estimate of drug-likeness (QED) is 0.675. The van der Waals surface area contributed by atoms with E-state index in [0.29, 0.717) is 5.41 Å². The Labute approximate surface area is 157 Å². The van der Waals surface area contributed by atoms with E-state index in [2.05, 4.69) is 56.9 Å². The summed E-state index contributed by atoms with van der Waals surface area (Å²) in [7, 11) is 0. The van der Waals surface area contributed by atoms with Gasteiger partial charge in [0.15, 0.2) is 5.11 Å². The lowest BCUT2D eigenvalue weighted by Crippen LogP contribution is -2.53. The third-order valence-corrected chi connectivity index (χ3v) is 7.46. The lowest BCUT2D eigenvalue weighted by molar-refractivity contribution is -0.0331. The van der Waals surface area contributed by atoms with Crippen LogP contribution in [0.1, 0.15) is 50.1 Å². The Morgan fingerprint density at radius 1 is 0.958 bits per heavy atom. The zero-order valence-electron chi connectivity index (χ0n) is 13.7. The van der Waals surface area contributed by atoms with E-state index in [4.69, 9.17) is 12.2 Å². The number of hydrogen-bond donors (Lipinski definition) is 2. The van der Waals surface area contributed by atoms with Gasteiger partial charge in [-0.2, -0.15) is 0 Å². The minimum atomic E-state index is 0.190. The minimum Gasteiger partial charge on any atom is -0.352 e. The first kappa shape index (κ1) is 15.4. The van der Waals surface area contributed by atoms with Crippen LogP contribution in [0.5, 0.6) is 0 Å². The van der Waals surface area contributed by atoms with E-state index in [1.54, 1.807) is 0 Å². The zero-order valence-corrected chi connectivity index (χ0v) is 16.1. The first-order valence-corrected chi connectivity index (χ1v) is 10.3. The van der Waals surface area contributed by atoms with Crippen molar-refractivity contribution < 1.29 is 0 Å². The molecule has 2 N–H and O–H groups in total. The van der Waals surface area contributed by atoms with Gasteiger partial charge in [-0.05, 0) is 92.3 Å². The molecule has 0 amide bonds. The highest BCUT2D eigenvalue weighted by Crippen LogP contribution is 2.62. The van der Waals surface area contributed by atoms with Crippen LogP contribution in [0.2, 0.25) is 0 Å². The topological polar surface area (TPSA) is 24.1 Å². The van der Waals surface area contributed by atoms with Gasteiger partial charge >= 0.3 is 0 Å². The lowest BCUT2D eigenvalue weighted by atomic mass is 9.48. The van der Waals surface area contributed by atoms with Crippen LogP contribution in [-0.2, 0) is 0 Å². The second-order valence-electron chi connectivity index (χ2n) is 8.41. The first-order chi connectivity index (χ1) is 11.6. The Hall–Kier alpha value is -0.870. The summed E-state index contributed by atoms with van der Waals surface area (Å²) in [6.07, 6.45) is 11.0. The van der Waals surface area contributed by atoms with Crippen molar-refractivity contribution in [3.05, 3.63) is 46.1 Å². The van der Waals surface area contributed by atoms with Crippen molar-refractivity contribution in [3.8, 4) is 0 Å². The minimum absolute atomic E-state index is 0.190. The summed E-state index contributed by atoms with van der Waals surface area (Å²) in [5.74, 6) is 2.86. The van der Waals surface area contributed by atoms with Crippen molar-refractivity contribution in [1.29, 1.82) is 0 Å². The van der Waals surface area contributed by atoms with Gasteiger partial charge in [-0.25, -0.2) is 0 Å². The highest BCUT2D eigenvalue weighted by atomic mass is 79.9. The second-order valence-corrected chi connectivity index (χ2v) is 9.73. The molecule has 4 fully saturated rings. The van der Waals surface area contributed by atoms with E-state index in [0.717, 1.165) is 27.3 Å². The molecule has 126 valence electrons. The molecule has 4 bridgehead atoms. The van der Waals surface area contributed by atoms with Crippen molar-refractivity contribution in [1.82, 2.24) is 10.6 Å². The van der Waals surface area contributed by atoms with Crippen LogP contribution in [0.25, 0.3) is 0 Å². The third kappa shape index (κ3) is 2.53. The smallest absolute Gasteiger partial charge is 0.171 e. The molecule has 6 rings (SSSR count). The van der Waals surface area contributed by atoms with E-state index in [9.17, 15) is 0 Å². The largest absolute Gasteiger partial charge is 0.352 e. The normalized spacial score (nSPS) is 40.0. The number of nitrogens with one attached hydrogen (secondary N) is 2. The Balaban J connectivity index is 1.50. The highest BCUT2D eigenvalue weighted by molar-refractivity contribution is 9.10. The van der Waals surface area contributed by atoms with Crippen LogP contribution in [-0.4, -0.2) is 5.11 Å². The maximum atomic E-state index is 5.57. The fourth-order valence-corrected chi connectivity index (χ4v) is 6.65. The number of halogens is 1. The molecule has 2 nitrogen and oxygen atoms in total. The molecule has 0 radical (unpaired) electrons. The van der Waals surface area contributed by atoms with E-state index in [1.165, 1.54) is 49.8 Å². The van der Waals surface area contributed by atoms with Gasteiger partial charge in [-0.1, -0.05) is 28.1 Å². The summed E-state index contributed by atoms with van der Waals surface area (Å²) >= 11 is 9.10. The Kier molecular flexibility index (Phi) is 3.57. The summed E-state index contributed by atoms with van der Waals surface area (Å²) in [4.78, 5) is 0. The summed E-state index contributed by atoms with van der Waals surface area (Å²) in [5.41, 5.74) is 3.07. The SMILES string of the molecule is S=C1NC(C23CC4CC(CC(C4)C2)C3)=C[C@H](c2ccc(Br)cc2)N1. The van der Waals surface area contributed by atoms with Crippen molar-refractivity contribution in [2.45, 2.75) is 44.6 Å². The van der Waals surface area contributed by atoms with Crippen molar-refractivity contribution in [2.24, 2.45) is 23.2 Å². The fourth-order valence-electron chi connectivity index (χ4n) is 6.15.